The van der Waals surface area contributed by atoms with Gasteiger partial charge in [-0.2, -0.15) is 0 Å². The highest BCUT2D eigenvalue weighted by atomic mass is 16.5. The molecule has 2 aromatic carbocycles. The number of methoxy groups -OCH3 is 1. The van der Waals surface area contributed by atoms with Crippen LogP contribution in [0, 0.1) is 5.92 Å². The first-order chi connectivity index (χ1) is 17.3. The molecule has 0 bridgehead atoms. The number of hydrogen-bond donors (Lipinski definition) is 1. The monoisotopic (exact) mass is 492 g/mol. The Balaban J connectivity index is 1.66. The SMILES string of the molecule is COc1cccc(-c2nc3ccc(OCC(C)CN4CCCC4)cc3c(=O)n2CC(=O)NC(C)C)c1. The van der Waals surface area contributed by atoms with Crippen LogP contribution in [0.4, 0.5) is 0 Å². The van der Waals surface area contributed by atoms with E-state index in [9.17, 15) is 9.59 Å². The highest BCUT2D eigenvalue weighted by Crippen LogP contribution is 2.25. The molecule has 1 atom stereocenters. The van der Waals surface area contributed by atoms with Gasteiger partial charge in [0.05, 0.1) is 24.6 Å². The van der Waals surface area contributed by atoms with Crippen LogP contribution >= 0.6 is 0 Å². The molecule has 1 amide bonds. The summed E-state index contributed by atoms with van der Waals surface area (Å²) in [6.07, 6.45) is 2.54. The van der Waals surface area contributed by atoms with Gasteiger partial charge in [-0.3, -0.25) is 14.2 Å². The lowest BCUT2D eigenvalue weighted by molar-refractivity contribution is -0.122. The van der Waals surface area contributed by atoms with Crippen LogP contribution in [-0.4, -0.2) is 59.8 Å². The fourth-order valence-corrected chi connectivity index (χ4v) is 4.63. The minimum absolute atomic E-state index is 0.0376. The van der Waals surface area contributed by atoms with Crippen molar-refractivity contribution in [2.75, 3.05) is 33.4 Å². The number of benzene rings is 2. The van der Waals surface area contributed by atoms with E-state index < -0.39 is 0 Å². The Bertz CT molecular complexity index is 1260. The molecule has 0 saturated carbocycles. The molecule has 36 heavy (non-hydrogen) atoms. The van der Waals surface area contributed by atoms with Gasteiger partial charge in [-0.05, 0) is 70.1 Å². The summed E-state index contributed by atoms with van der Waals surface area (Å²) >= 11 is 0. The van der Waals surface area contributed by atoms with Gasteiger partial charge in [0, 0.05) is 24.1 Å². The Kier molecular flexibility index (Phi) is 8.25. The second kappa shape index (κ2) is 11.6. The van der Waals surface area contributed by atoms with E-state index in [2.05, 4.69) is 17.1 Å². The third-order valence-corrected chi connectivity index (χ3v) is 6.31. The van der Waals surface area contributed by atoms with Gasteiger partial charge in [0.1, 0.15) is 23.9 Å². The maximum Gasteiger partial charge on any atom is 0.262 e. The highest BCUT2D eigenvalue weighted by Gasteiger charge is 2.18. The van der Waals surface area contributed by atoms with E-state index in [0.717, 1.165) is 19.6 Å². The molecule has 1 N–H and O–H groups in total. The van der Waals surface area contributed by atoms with Crippen LogP contribution in [0.2, 0.25) is 0 Å². The van der Waals surface area contributed by atoms with Crippen molar-refractivity contribution in [1.29, 1.82) is 0 Å². The quantitative estimate of drug-likeness (QED) is 0.464. The van der Waals surface area contributed by atoms with Crippen molar-refractivity contribution in [3.05, 3.63) is 52.8 Å². The molecule has 1 aliphatic heterocycles. The first-order valence-electron chi connectivity index (χ1n) is 12.7. The highest BCUT2D eigenvalue weighted by molar-refractivity contribution is 5.83. The van der Waals surface area contributed by atoms with Gasteiger partial charge in [0.15, 0.2) is 0 Å². The molecule has 2 heterocycles. The number of rotatable bonds is 10. The van der Waals surface area contributed by atoms with Crippen LogP contribution in [-0.2, 0) is 11.3 Å². The van der Waals surface area contributed by atoms with Gasteiger partial charge in [-0.1, -0.05) is 19.1 Å². The van der Waals surface area contributed by atoms with Crippen molar-refractivity contribution in [1.82, 2.24) is 19.8 Å². The first-order valence-corrected chi connectivity index (χ1v) is 12.7. The minimum Gasteiger partial charge on any atom is -0.497 e. The molecule has 1 fully saturated rings. The predicted octanol–water partition coefficient (Wildman–Crippen LogP) is 3.71. The number of nitrogens with one attached hydrogen (secondary N) is 1. The lowest BCUT2D eigenvalue weighted by Crippen LogP contribution is -2.37. The Morgan fingerprint density at radius 1 is 1.08 bits per heavy atom. The van der Waals surface area contributed by atoms with Crippen molar-refractivity contribution in [2.45, 2.75) is 46.2 Å². The second-order valence-corrected chi connectivity index (χ2v) is 9.88. The zero-order valence-corrected chi connectivity index (χ0v) is 21.6. The zero-order chi connectivity index (χ0) is 25.7. The van der Waals surface area contributed by atoms with Gasteiger partial charge >= 0.3 is 0 Å². The van der Waals surface area contributed by atoms with E-state index in [0.29, 0.717) is 46.3 Å². The van der Waals surface area contributed by atoms with Gasteiger partial charge < -0.3 is 19.7 Å². The summed E-state index contributed by atoms with van der Waals surface area (Å²) in [5, 5.41) is 3.28. The predicted molar refractivity (Wildman–Crippen MR) is 142 cm³/mol. The van der Waals surface area contributed by atoms with E-state index in [-0.39, 0.29) is 24.1 Å². The Hall–Kier alpha value is -3.39. The van der Waals surface area contributed by atoms with Crippen LogP contribution in [0.3, 0.4) is 0 Å². The van der Waals surface area contributed by atoms with Crippen LogP contribution in [0.15, 0.2) is 47.3 Å². The molecule has 1 aromatic heterocycles. The number of fused-ring (bicyclic) bond motifs is 1. The molecule has 1 saturated heterocycles. The van der Waals surface area contributed by atoms with E-state index in [1.54, 1.807) is 19.2 Å². The molecular formula is C28H36N4O4. The summed E-state index contributed by atoms with van der Waals surface area (Å²) in [6, 6.07) is 12.7. The molecule has 0 aliphatic carbocycles. The standard InChI is InChI=1S/C28H36N4O4/c1-19(2)29-26(33)17-32-27(21-8-7-9-22(14-21)35-4)30-25-11-10-23(15-24(25)28(32)34)36-18-20(3)16-31-12-5-6-13-31/h7-11,14-15,19-20H,5-6,12-13,16-18H2,1-4H3,(H,29,33). The number of aromatic nitrogens is 2. The van der Waals surface area contributed by atoms with Crippen LogP contribution in [0.5, 0.6) is 11.5 Å². The Morgan fingerprint density at radius 2 is 1.86 bits per heavy atom. The molecule has 4 rings (SSSR count). The van der Waals surface area contributed by atoms with Crippen LogP contribution in [0.25, 0.3) is 22.3 Å². The van der Waals surface area contributed by atoms with E-state index in [1.807, 2.05) is 44.2 Å². The lowest BCUT2D eigenvalue weighted by Gasteiger charge is -2.20. The Labute approximate surface area is 212 Å². The summed E-state index contributed by atoms with van der Waals surface area (Å²) < 4.78 is 12.8. The molecule has 1 aliphatic rings. The summed E-state index contributed by atoms with van der Waals surface area (Å²) in [4.78, 5) is 33.6. The molecule has 0 spiro atoms. The molecule has 0 radical (unpaired) electrons. The van der Waals surface area contributed by atoms with Gasteiger partial charge in [-0.25, -0.2) is 4.98 Å². The number of carbonyl (C=O) groups excluding carboxylic acids is 1. The van der Waals surface area contributed by atoms with E-state index in [1.165, 1.54) is 17.4 Å². The van der Waals surface area contributed by atoms with Gasteiger partial charge in [0.25, 0.3) is 5.56 Å². The maximum atomic E-state index is 13.7. The molecule has 1 unspecified atom stereocenters. The topological polar surface area (TPSA) is 85.7 Å². The summed E-state index contributed by atoms with van der Waals surface area (Å²) in [5.41, 5.74) is 0.963. The maximum absolute atomic E-state index is 13.7. The van der Waals surface area contributed by atoms with Gasteiger partial charge in [0.2, 0.25) is 5.91 Å². The number of amides is 1. The van der Waals surface area contributed by atoms with Crippen molar-refractivity contribution >= 4 is 16.8 Å². The van der Waals surface area contributed by atoms with Crippen molar-refractivity contribution < 1.29 is 14.3 Å². The average molecular weight is 493 g/mol. The average Bonchev–Trinajstić information content (AvgIpc) is 3.37. The van der Waals surface area contributed by atoms with Gasteiger partial charge in [-0.15, -0.1) is 0 Å². The second-order valence-electron chi connectivity index (χ2n) is 9.88. The lowest BCUT2D eigenvalue weighted by atomic mass is 10.1. The number of nitrogens with zero attached hydrogens (tertiary/aromatic N) is 3. The molecule has 192 valence electrons. The summed E-state index contributed by atoms with van der Waals surface area (Å²) in [6.45, 7) is 9.72. The normalized spacial score (nSPS) is 14.8. The van der Waals surface area contributed by atoms with Crippen molar-refractivity contribution in [3.63, 3.8) is 0 Å². The number of carbonyl (C=O) groups is 1. The zero-order valence-electron chi connectivity index (χ0n) is 21.6. The smallest absolute Gasteiger partial charge is 0.262 e. The number of hydrogen-bond acceptors (Lipinski definition) is 6. The van der Waals surface area contributed by atoms with E-state index >= 15 is 0 Å². The molecule has 8 heteroatoms. The Morgan fingerprint density at radius 3 is 2.58 bits per heavy atom. The number of ether oxygens (including phenoxy) is 2. The van der Waals surface area contributed by atoms with E-state index in [4.69, 9.17) is 14.5 Å². The first kappa shape index (κ1) is 25.7. The van der Waals surface area contributed by atoms with Crippen LogP contribution in [0.1, 0.15) is 33.6 Å². The number of likely N-dealkylation sites (tertiary alicyclic amines) is 1. The third kappa shape index (κ3) is 6.23. The molecular weight excluding hydrogens is 456 g/mol. The van der Waals surface area contributed by atoms with Crippen molar-refractivity contribution in [3.8, 4) is 22.9 Å². The fourth-order valence-electron chi connectivity index (χ4n) is 4.63. The molecule has 8 nitrogen and oxygen atoms in total. The molecule has 3 aromatic rings. The summed E-state index contributed by atoms with van der Waals surface area (Å²) in [7, 11) is 1.59. The fraction of sp³-hybridized carbons (Fsp3) is 0.464. The summed E-state index contributed by atoms with van der Waals surface area (Å²) in [5.74, 6) is 1.82. The van der Waals surface area contributed by atoms with Crippen LogP contribution < -0.4 is 20.3 Å². The largest absolute Gasteiger partial charge is 0.497 e. The minimum atomic E-state index is -0.285. The third-order valence-electron chi connectivity index (χ3n) is 6.31. The van der Waals surface area contributed by atoms with Crippen molar-refractivity contribution in [2.24, 2.45) is 5.92 Å².